The summed E-state index contributed by atoms with van der Waals surface area (Å²) >= 11 is -0.523. The predicted octanol–water partition coefficient (Wildman–Crippen LogP) is 1.02. The zero-order valence-electron chi connectivity index (χ0n) is 7.13. The normalized spacial score (nSPS) is 11.5. The predicted molar refractivity (Wildman–Crippen MR) is 47.1 cm³/mol. The van der Waals surface area contributed by atoms with Gasteiger partial charge in [-0.2, -0.15) is 0 Å². The van der Waals surface area contributed by atoms with E-state index in [1.54, 1.807) is 12.4 Å². The maximum atomic E-state index is 4.28. The van der Waals surface area contributed by atoms with Crippen molar-refractivity contribution in [3.8, 4) is 0 Å². The molecule has 0 atom stereocenters. The van der Waals surface area contributed by atoms with Crippen molar-refractivity contribution in [1.29, 1.82) is 0 Å². The molecule has 3 heteroatoms. The minimum absolute atomic E-state index is 0.472. The maximum absolute atomic E-state index is 4.28. The third-order valence-electron chi connectivity index (χ3n) is 1.07. The second kappa shape index (κ2) is 3.52. The Morgan fingerprint density at radius 3 is 2.45 bits per heavy atom. The summed E-state index contributed by atoms with van der Waals surface area (Å²) in [5, 5.41) is 0. The van der Waals surface area contributed by atoms with Crippen LogP contribution in [0.2, 0.25) is 3.43 Å². The molecule has 0 aliphatic heterocycles. The van der Waals surface area contributed by atoms with Gasteiger partial charge in [-0.3, -0.25) is 0 Å². The first-order chi connectivity index (χ1) is 5.08. The van der Waals surface area contributed by atoms with Crippen LogP contribution in [0.15, 0.2) is 18.6 Å². The van der Waals surface area contributed by atoms with E-state index in [9.17, 15) is 0 Å². The summed E-state index contributed by atoms with van der Waals surface area (Å²) in [6, 6.07) is 0. The molecule has 1 rings (SSSR count). The topological polar surface area (TPSA) is 25.8 Å². The molecule has 0 fully saturated rings. The van der Waals surface area contributed by atoms with Crippen LogP contribution >= 0.6 is 0 Å². The van der Waals surface area contributed by atoms with E-state index in [4.69, 9.17) is 0 Å². The molecular formula is C8H12N2Sn. The van der Waals surface area contributed by atoms with Crippen LogP contribution in [0, 0.1) is 0 Å². The molecule has 0 aliphatic carbocycles. The van der Waals surface area contributed by atoms with Crippen LogP contribution < -0.4 is 3.71 Å². The van der Waals surface area contributed by atoms with E-state index in [2.05, 4.69) is 30.7 Å². The van der Waals surface area contributed by atoms with E-state index < -0.39 is 21.1 Å². The molecule has 2 radical (unpaired) electrons. The first-order valence-electron chi connectivity index (χ1n) is 3.62. The van der Waals surface area contributed by atoms with Gasteiger partial charge < -0.3 is 0 Å². The van der Waals surface area contributed by atoms with Crippen LogP contribution in [-0.4, -0.2) is 31.1 Å². The standard InChI is InChI=1S/C4H3N2.C4H9.Sn/c1-2-6-4-3-5-1;1-4(2)3;/h1-3H;1-3H3;. The van der Waals surface area contributed by atoms with Crippen molar-refractivity contribution in [2.24, 2.45) is 0 Å². The van der Waals surface area contributed by atoms with Gasteiger partial charge in [-0.1, -0.05) is 0 Å². The molecule has 58 valence electrons. The van der Waals surface area contributed by atoms with Crippen LogP contribution in [0.25, 0.3) is 0 Å². The van der Waals surface area contributed by atoms with Crippen molar-refractivity contribution in [2.75, 3.05) is 0 Å². The Kier molecular flexibility index (Phi) is 2.87. The average molecular weight is 255 g/mol. The van der Waals surface area contributed by atoms with Crippen molar-refractivity contribution < 1.29 is 0 Å². The van der Waals surface area contributed by atoms with Crippen LogP contribution in [0.3, 0.4) is 0 Å². The third kappa shape index (κ3) is 3.70. The monoisotopic (exact) mass is 256 g/mol. The first-order valence-corrected chi connectivity index (χ1v) is 6.47. The summed E-state index contributed by atoms with van der Waals surface area (Å²) in [4.78, 5) is 8.33. The van der Waals surface area contributed by atoms with E-state index >= 15 is 0 Å². The number of aromatic nitrogens is 2. The van der Waals surface area contributed by atoms with Gasteiger partial charge in [-0.15, -0.1) is 0 Å². The first kappa shape index (κ1) is 8.97. The number of hydrogen-bond donors (Lipinski definition) is 0. The van der Waals surface area contributed by atoms with Gasteiger partial charge in [0, 0.05) is 0 Å². The number of rotatable bonds is 1. The molecule has 1 aromatic heterocycles. The van der Waals surface area contributed by atoms with Gasteiger partial charge in [0.05, 0.1) is 0 Å². The summed E-state index contributed by atoms with van der Waals surface area (Å²) in [6.45, 7) is 6.82. The van der Waals surface area contributed by atoms with Gasteiger partial charge in [-0.25, -0.2) is 0 Å². The van der Waals surface area contributed by atoms with Crippen molar-refractivity contribution >= 4 is 24.9 Å². The quantitative estimate of drug-likeness (QED) is 0.700. The van der Waals surface area contributed by atoms with Gasteiger partial charge >= 0.3 is 77.6 Å². The van der Waals surface area contributed by atoms with E-state index in [1.165, 1.54) is 3.71 Å². The summed E-state index contributed by atoms with van der Waals surface area (Å²) in [7, 11) is 0. The Bertz CT molecular complexity index is 215. The molecule has 11 heavy (non-hydrogen) atoms. The molecule has 0 unspecified atom stereocenters. The molecule has 0 saturated carbocycles. The SMILES string of the molecule is C[C](C)(C)[Sn][c]1cnccn1. The number of hydrogen-bond acceptors (Lipinski definition) is 2. The molecule has 1 aromatic rings. The van der Waals surface area contributed by atoms with Gasteiger partial charge in [0.1, 0.15) is 0 Å². The van der Waals surface area contributed by atoms with E-state index in [1.807, 2.05) is 6.20 Å². The van der Waals surface area contributed by atoms with Crippen LogP contribution in [0.1, 0.15) is 20.8 Å². The fourth-order valence-corrected chi connectivity index (χ4v) is 3.73. The molecule has 0 amide bonds. The molecule has 2 nitrogen and oxygen atoms in total. The Hall–Kier alpha value is -0.121. The summed E-state index contributed by atoms with van der Waals surface area (Å²) in [6.07, 6.45) is 5.41. The molecular weight excluding hydrogens is 243 g/mol. The molecule has 0 bridgehead atoms. The van der Waals surface area contributed by atoms with Crippen molar-refractivity contribution in [3.63, 3.8) is 0 Å². The van der Waals surface area contributed by atoms with E-state index in [0.717, 1.165) is 0 Å². The summed E-state index contributed by atoms with van der Waals surface area (Å²) < 4.78 is 1.71. The van der Waals surface area contributed by atoms with Gasteiger partial charge in [0.15, 0.2) is 0 Å². The molecule has 0 saturated heterocycles. The Balaban J connectivity index is 2.66. The second-order valence-corrected chi connectivity index (χ2v) is 9.92. The van der Waals surface area contributed by atoms with Crippen molar-refractivity contribution in [1.82, 2.24) is 9.97 Å². The zero-order valence-corrected chi connectivity index (χ0v) is 9.98. The van der Waals surface area contributed by atoms with Gasteiger partial charge in [0.2, 0.25) is 0 Å². The fraction of sp³-hybridized carbons (Fsp3) is 0.500. The van der Waals surface area contributed by atoms with Crippen molar-refractivity contribution in [2.45, 2.75) is 24.2 Å². The summed E-state index contributed by atoms with van der Waals surface area (Å²) in [5.41, 5.74) is 0. The second-order valence-electron chi connectivity index (χ2n) is 3.47. The Morgan fingerprint density at radius 2 is 2.00 bits per heavy atom. The van der Waals surface area contributed by atoms with Crippen LogP contribution in [-0.2, 0) is 0 Å². The molecule has 0 spiro atoms. The molecule has 0 N–H and O–H groups in total. The van der Waals surface area contributed by atoms with Crippen molar-refractivity contribution in [3.05, 3.63) is 18.6 Å². The Labute approximate surface area is 77.7 Å². The fourth-order valence-electron chi connectivity index (χ4n) is 0.748. The Morgan fingerprint density at radius 1 is 1.27 bits per heavy atom. The van der Waals surface area contributed by atoms with E-state index in [0.29, 0.717) is 3.43 Å². The molecule has 0 aromatic carbocycles. The minimum atomic E-state index is -0.523. The number of nitrogens with zero attached hydrogens (tertiary/aromatic N) is 2. The third-order valence-corrected chi connectivity index (χ3v) is 4.67. The average Bonchev–Trinajstić information content (AvgIpc) is 1.85. The van der Waals surface area contributed by atoms with Gasteiger partial charge in [0.25, 0.3) is 0 Å². The van der Waals surface area contributed by atoms with Crippen LogP contribution in [0.4, 0.5) is 0 Å². The van der Waals surface area contributed by atoms with Gasteiger partial charge in [-0.05, 0) is 0 Å². The zero-order chi connectivity index (χ0) is 8.32. The van der Waals surface area contributed by atoms with Crippen LogP contribution in [0.5, 0.6) is 0 Å². The summed E-state index contributed by atoms with van der Waals surface area (Å²) in [5.74, 6) is 0. The molecule has 0 aliphatic rings. The molecule has 1 heterocycles. The van der Waals surface area contributed by atoms with E-state index in [-0.39, 0.29) is 0 Å².